The Balaban J connectivity index is 1.39. The van der Waals surface area contributed by atoms with Gasteiger partial charge in [0.2, 0.25) is 5.91 Å². The summed E-state index contributed by atoms with van der Waals surface area (Å²) >= 11 is 0. The monoisotopic (exact) mass is 431 g/mol. The van der Waals surface area contributed by atoms with Crippen molar-refractivity contribution in [3.63, 3.8) is 0 Å². The highest BCUT2D eigenvalue weighted by molar-refractivity contribution is 5.80. The van der Waals surface area contributed by atoms with Crippen LogP contribution in [0.15, 0.2) is 30.3 Å². The van der Waals surface area contributed by atoms with Crippen molar-refractivity contribution in [2.24, 2.45) is 5.92 Å². The van der Waals surface area contributed by atoms with Gasteiger partial charge in [-0.3, -0.25) is 4.79 Å². The van der Waals surface area contributed by atoms with Gasteiger partial charge in [-0.15, -0.1) is 0 Å². The second kappa shape index (κ2) is 10.0. The van der Waals surface area contributed by atoms with Crippen molar-refractivity contribution in [3.05, 3.63) is 35.9 Å². The Morgan fingerprint density at radius 1 is 1.00 bits per heavy atom. The maximum atomic E-state index is 12.9. The zero-order chi connectivity index (χ0) is 22.4. The molecule has 2 aliphatic heterocycles. The van der Waals surface area contributed by atoms with Gasteiger partial charge in [0.25, 0.3) is 0 Å². The Labute approximate surface area is 183 Å². The third-order valence-corrected chi connectivity index (χ3v) is 5.53. The first-order chi connectivity index (χ1) is 14.7. The number of piperidine rings is 1. The maximum absolute atomic E-state index is 12.9. The van der Waals surface area contributed by atoms with Crippen LogP contribution in [-0.4, -0.2) is 65.7 Å². The standard InChI is InChI=1S/C23H33N3O5/c1-23(2,3)31-21(28)24-19-11-14-26(15-19)20(27)18-9-12-25(13-10-18)22(29)30-16-17-7-5-4-6-8-17/h4-8,18-19H,9-16H2,1-3H3,(H,24,28). The van der Waals surface area contributed by atoms with Crippen molar-refractivity contribution < 1.29 is 23.9 Å². The molecule has 31 heavy (non-hydrogen) atoms. The molecule has 0 aromatic heterocycles. The third-order valence-electron chi connectivity index (χ3n) is 5.53. The molecule has 1 aromatic carbocycles. The molecule has 2 saturated heterocycles. The smallest absolute Gasteiger partial charge is 0.410 e. The zero-order valence-corrected chi connectivity index (χ0v) is 18.6. The van der Waals surface area contributed by atoms with Crippen LogP contribution < -0.4 is 5.32 Å². The van der Waals surface area contributed by atoms with E-state index in [0.717, 1.165) is 12.0 Å². The predicted octanol–water partition coefficient (Wildman–Crippen LogP) is 3.16. The summed E-state index contributed by atoms with van der Waals surface area (Å²) < 4.78 is 10.7. The lowest BCUT2D eigenvalue weighted by molar-refractivity contribution is -0.136. The van der Waals surface area contributed by atoms with E-state index in [9.17, 15) is 14.4 Å². The van der Waals surface area contributed by atoms with Crippen LogP contribution in [0.4, 0.5) is 9.59 Å². The summed E-state index contributed by atoms with van der Waals surface area (Å²) in [5, 5.41) is 2.85. The van der Waals surface area contributed by atoms with E-state index in [0.29, 0.717) is 39.0 Å². The molecule has 0 saturated carbocycles. The zero-order valence-electron chi connectivity index (χ0n) is 18.6. The number of carbonyl (C=O) groups excluding carboxylic acids is 3. The van der Waals surface area contributed by atoms with E-state index in [-0.39, 0.29) is 30.6 Å². The predicted molar refractivity (Wildman–Crippen MR) is 115 cm³/mol. The van der Waals surface area contributed by atoms with E-state index in [1.165, 1.54) is 0 Å². The largest absolute Gasteiger partial charge is 0.445 e. The first-order valence-corrected chi connectivity index (χ1v) is 11.0. The molecule has 0 bridgehead atoms. The molecular formula is C23H33N3O5. The lowest BCUT2D eigenvalue weighted by Crippen LogP contribution is -2.45. The second-order valence-corrected chi connectivity index (χ2v) is 9.22. The molecule has 170 valence electrons. The number of carbonyl (C=O) groups is 3. The molecule has 2 heterocycles. The maximum Gasteiger partial charge on any atom is 0.410 e. The first kappa shape index (κ1) is 22.9. The topological polar surface area (TPSA) is 88.2 Å². The molecular weight excluding hydrogens is 398 g/mol. The van der Waals surface area contributed by atoms with Gasteiger partial charge in [0.1, 0.15) is 12.2 Å². The van der Waals surface area contributed by atoms with Gasteiger partial charge in [0, 0.05) is 32.1 Å². The van der Waals surface area contributed by atoms with Crippen LogP contribution in [0.5, 0.6) is 0 Å². The molecule has 1 N–H and O–H groups in total. The number of hydrogen-bond acceptors (Lipinski definition) is 5. The van der Waals surface area contributed by atoms with Crippen LogP contribution in [0.25, 0.3) is 0 Å². The van der Waals surface area contributed by atoms with Crippen molar-refractivity contribution in [1.29, 1.82) is 0 Å². The molecule has 3 amide bonds. The summed E-state index contributed by atoms with van der Waals surface area (Å²) in [4.78, 5) is 40.6. The fraction of sp³-hybridized carbons (Fsp3) is 0.609. The number of hydrogen-bond donors (Lipinski definition) is 1. The Morgan fingerprint density at radius 2 is 1.65 bits per heavy atom. The summed E-state index contributed by atoms with van der Waals surface area (Å²) in [7, 11) is 0. The molecule has 1 aromatic rings. The summed E-state index contributed by atoms with van der Waals surface area (Å²) in [6, 6.07) is 9.48. The molecule has 3 rings (SSSR count). The lowest BCUT2D eigenvalue weighted by atomic mass is 9.95. The summed E-state index contributed by atoms with van der Waals surface area (Å²) in [6.07, 6.45) is 1.18. The van der Waals surface area contributed by atoms with Gasteiger partial charge in [-0.05, 0) is 45.6 Å². The Morgan fingerprint density at radius 3 is 2.29 bits per heavy atom. The second-order valence-electron chi connectivity index (χ2n) is 9.22. The van der Waals surface area contributed by atoms with Gasteiger partial charge in [-0.1, -0.05) is 30.3 Å². The number of amides is 3. The minimum Gasteiger partial charge on any atom is -0.445 e. The number of alkyl carbamates (subject to hydrolysis) is 1. The lowest BCUT2D eigenvalue weighted by Gasteiger charge is -2.32. The average Bonchev–Trinajstić information content (AvgIpc) is 3.19. The molecule has 2 aliphatic rings. The number of benzene rings is 1. The van der Waals surface area contributed by atoms with Gasteiger partial charge in [-0.2, -0.15) is 0 Å². The number of likely N-dealkylation sites (tertiary alicyclic amines) is 2. The minimum atomic E-state index is -0.547. The Kier molecular flexibility index (Phi) is 7.41. The Hall–Kier alpha value is -2.77. The molecule has 2 fully saturated rings. The van der Waals surface area contributed by atoms with Gasteiger partial charge in [0.05, 0.1) is 6.04 Å². The van der Waals surface area contributed by atoms with Crippen LogP contribution in [-0.2, 0) is 20.9 Å². The minimum absolute atomic E-state index is 0.0909. The number of rotatable bonds is 4. The fourth-order valence-corrected chi connectivity index (χ4v) is 3.93. The van der Waals surface area contributed by atoms with Crippen molar-refractivity contribution in [2.45, 2.75) is 58.3 Å². The normalized spacial score (nSPS) is 19.8. The van der Waals surface area contributed by atoms with E-state index in [1.54, 1.807) is 4.90 Å². The highest BCUT2D eigenvalue weighted by Crippen LogP contribution is 2.23. The molecule has 0 spiro atoms. The Bertz CT molecular complexity index is 769. The summed E-state index contributed by atoms with van der Waals surface area (Å²) in [5.41, 5.74) is 0.401. The number of ether oxygens (including phenoxy) is 2. The SMILES string of the molecule is CC(C)(C)OC(=O)NC1CCN(C(=O)C2CCN(C(=O)OCc3ccccc3)CC2)C1. The third kappa shape index (κ3) is 6.87. The van der Waals surface area contributed by atoms with E-state index in [4.69, 9.17) is 9.47 Å². The van der Waals surface area contributed by atoms with Gasteiger partial charge in [-0.25, -0.2) is 9.59 Å². The van der Waals surface area contributed by atoms with Crippen LogP contribution in [0, 0.1) is 5.92 Å². The van der Waals surface area contributed by atoms with Crippen molar-refractivity contribution in [1.82, 2.24) is 15.1 Å². The molecule has 0 aliphatic carbocycles. The van der Waals surface area contributed by atoms with E-state index in [2.05, 4.69) is 5.32 Å². The van der Waals surface area contributed by atoms with E-state index >= 15 is 0 Å². The van der Waals surface area contributed by atoms with E-state index < -0.39 is 11.7 Å². The van der Waals surface area contributed by atoms with E-state index in [1.807, 2.05) is 56.0 Å². The number of nitrogens with zero attached hydrogens (tertiary/aromatic N) is 2. The quantitative estimate of drug-likeness (QED) is 0.791. The first-order valence-electron chi connectivity index (χ1n) is 11.0. The molecule has 0 radical (unpaired) electrons. The fourth-order valence-electron chi connectivity index (χ4n) is 3.93. The van der Waals surface area contributed by atoms with Gasteiger partial charge in [0.15, 0.2) is 0 Å². The van der Waals surface area contributed by atoms with Crippen LogP contribution >= 0.6 is 0 Å². The molecule has 1 atom stereocenters. The van der Waals surface area contributed by atoms with Crippen molar-refractivity contribution >= 4 is 18.1 Å². The van der Waals surface area contributed by atoms with Crippen LogP contribution in [0.2, 0.25) is 0 Å². The van der Waals surface area contributed by atoms with Crippen LogP contribution in [0.3, 0.4) is 0 Å². The van der Waals surface area contributed by atoms with Crippen LogP contribution in [0.1, 0.15) is 45.6 Å². The molecule has 8 heteroatoms. The van der Waals surface area contributed by atoms with Crippen molar-refractivity contribution in [2.75, 3.05) is 26.2 Å². The number of nitrogens with one attached hydrogen (secondary N) is 1. The summed E-state index contributed by atoms with van der Waals surface area (Å²) in [6.45, 7) is 7.85. The highest BCUT2D eigenvalue weighted by Gasteiger charge is 2.35. The average molecular weight is 432 g/mol. The molecule has 1 unspecified atom stereocenters. The van der Waals surface area contributed by atoms with Crippen molar-refractivity contribution in [3.8, 4) is 0 Å². The van der Waals surface area contributed by atoms with Gasteiger partial charge >= 0.3 is 12.2 Å². The summed E-state index contributed by atoms with van der Waals surface area (Å²) in [5.74, 6) is 0.00393. The highest BCUT2D eigenvalue weighted by atomic mass is 16.6. The molecule has 8 nitrogen and oxygen atoms in total. The van der Waals surface area contributed by atoms with Gasteiger partial charge < -0.3 is 24.6 Å².